The van der Waals surface area contributed by atoms with Gasteiger partial charge < -0.3 is 9.47 Å². The van der Waals surface area contributed by atoms with E-state index in [9.17, 15) is 13.2 Å². The van der Waals surface area contributed by atoms with Gasteiger partial charge in [0.2, 0.25) is 10.0 Å². The SMILES string of the molecule is CCOC(=O)C1=CC2C(=CN1S(C)(=O)=O)COc1ccccc12. The average molecular weight is 335 g/mol. The summed E-state index contributed by atoms with van der Waals surface area (Å²) in [6.45, 7) is 2.13. The first kappa shape index (κ1) is 15.6. The molecule has 2 aliphatic rings. The molecular weight excluding hydrogens is 318 g/mol. The zero-order valence-corrected chi connectivity index (χ0v) is 13.7. The van der Waals surface area contributed by atoms with Crippen LogP contribution in [0.5, 0.6) is 5.75 Å². The molecule has 0 aromatic heterocycles. The van der Waals surface area contributed by atoms with Crippen LogP contribution < -0.4 is 4.74 Å². The standard InChI is InChI=1S/C16H17NO5S/c1-3-21-16(18)14-8-13-11(9-17(14)23(2,19)20)10-22-15-7-5-4-6-12(13)15/h4-9,13H,3,10H2,1-2H3. The number of fused-ring (bicyclic) bond motifs is 3. The normalized spacial score (nSPS) is 19.7. The van der Waals surface area contributed by atoms with E-state index in [0.29, 0.717) is 0 Å². The van der Waals surface area contributed by atoms with E-state index >= 15 is 0 Å². The van der Waals surface area contributed by atoms with Crippen molar-refractivity contribution < 1.29 is 22.7 Å². The van der Waals surface area contributed by atoms with Crippen molar-refractivity contribution in [3.63, 3.8) is 0 Å². The fourth-order valence-electron chi connectivity index (χ4n) is 2.72. The highest BCUT2D eigenvalue weighted by atomic mass is 32.2. The van der Waals surface area contributed by atoms with Crippen molar-refractivity contribution in [1.82, 2.24) is 4.31 Å². The first-order chi connectivity index (χ1) is 10.9. The molecule has 0 aliphatic carbocycles. The van der Waals surface area contributed by atoms with Gasteiger partial charge in [-0.2, -0.15) is 0 Å². The minimum Gasteiger partial charge on any atom is -0.489 e. The summed E-state index contributed by atoms with van der Waals surface area (Å²) in [5.41, 5.74) is 1.70. The van der Waals surface area contributed by atoms with Gasteiger partial charge in [0, 0.05) is 17.7 Å². The number of hydrogen-bond donors (Lipinski definition) is 0. The highest BCUT2D eigenvalue weighted by Gasteiger charge is 2.35. The van der Waals surface area contributed by atoms with E-state index in [2.05, 4.69) is 0 Å². The highest BCUT2D eigenvalue weighted by Crippen LogP contribution is 2.41. The molecule has 0 N–H and O–H groups in total. The van der Waals surface area contributed by atoms with E-state index in [-0.39, 0.29) is 24.8 Å². The highest BCUT2D eigenvalue weighted by molar-refractivity contribution is 7.88. The Bertz CT molecular complexity index is 810. The lowest BCUT2D eigenvalue weighted by molar-refractivity contribution is -0.139. The van der Waals surface area contributed by atoms with Crippen LogP contribution in [0.25, 0.3) is 0 Å². The van der Waals surface area contributed by atoms with E-state index in [1.165, 1.54) is 6.20 Å². The van der Waals surface area contributed by atoms with Gasteiger partial charge in [-0.25, -0.2) is 17.5 Å². The van der Waals surface area contributed by atoms with Gasteiger partial charge in [-0.3, -0.25) is 0 Å². The third kappa shape index (κ3) is 2.84. The van der Waals surface area contributed by atoms with Gasteiger partial charge in [0.25, 0.3) is 0 Å². The van der Waals surface area contributed by atoms with Crippen molar-refractivity contribution in [2.75, 3.05) is 19.5 Å². The molecule has 2 heterocycles. The molecule has 6 nitrogen and oxygen atoms in total. The Labute approximate surface area is 135 Å². The third-order valence-corrected chi connectivity index (χ3v) is 4.75. The summed E-state index contributed by atoms with van der Waals surface area (Å²) in [5.74, 6) is -0.114. The Balaban J connectivity index is 2.10. The number of sulfonamides is 1. The number of nitrogens with zero attached hydrogens (tertiary/aromatic N) is 1. The monoisotopic (exact) mass is 335 g/mol. The maximum Gasteiger partial charge on any atom is 0.355 e. The summed E-state index contributed by atoms with van der Waals surface area (Å²) < 4.78 is 35.7. The second-order valence-electron chi connectivity index (χ2n) is 5.34. The fourth-order valence-corrected chi connectivity index (χ4v) is 3.54. The molecule has 1 atom stereocenters. The van der Waals surface area contributed by atoms with Crippen molar-refractivity contribution >= 4 is 16.0 Å². The number of carbonyl (C=O) groups is 1. The maximum absolute atomic E-state index is 12.2. The van der Waals surface area contributed by atoms with Crippen LogP contribution in [0.2, 0.25) is 0 Å². The second-order valence-corrected chi connectivity index (χ2v) is 7.20. The zero-order chi connectivity index (χ0) is 16.6. The van der Waals surface area contributed by atoms with E-state index in [1.807, 2.05) is 24.3 Å². The van der Waals surface area contributed by atoms with Gasteiger partial charge in [0.15, 0.2) is 0 Å². The largest absolute Gasteiger partial charge is 0.489 e. The molecule has 1 aromatic carbocycles. The summed E-state index contributed by atoms with van der Waals surface area (Å²) in [6, 6.07) is 7.51. The topological polar surface area (TPSA) is 72.9 Å². The average Bonchev–Trinajstić information content (AvgIpc) is 2.53. The molecule has 3 rings (SSSR count). The Morgan fingerprint density at radius 1 is 1.39 bits per heavy atom. The Morgan fingerprint density at radius 3 is 2.83 bits per heavy atom. The molecule has 1 unspecified atom stereocenters. The lowest BCUT2D eigenvalue weighted by atomic mass is 9.87. The zero-order valence-electron chi connectivity index (χ0n) is 12.9. The predicted octanol–water partition coefficient (Wildman–Crippen LogP) is 1.77. The smallest absolute Gasteiger partial charge is 0.355 e. The van der Waals surface area contributed by atoms with Gasteiger partial charge in [-0.1, -0.05) is 18.2 Å². The number of esters is 1. The lowest BCUT2D eigenvalue weighted by Crippen LogP contribution is -2.34. The first-order valence-electron chi connectivity index (χ1n) is 7.22. The van der Waals surface area contributed by atoms with Crippen LogP contribution in [-0.2, 0) is 19.6 Å². The molecular formula is C16H17NO5S. The van der Waals surface area contributed by atoms with E-state index in [4.69, 9.17) is 9.47 Å². The summed E-state index contributed by atoms with van der Waals surface area (Å²) in [7, 11) is -3.63. The second kappa shape index (κ2) is 5.73. The van der Waals surface area contributed by atoms with E-state index in [0.717, 1.165) is 27.4 Å². The summed E-state index contributed by atoms with van der Waals surface area (Å²) >= 11 is 0. The number of ether oxygens (including phenoxy) is 2. The van der Waals surface area contributed by atoms with Gasteiger partial charge in [-0.15, -0.1) is 0 Å². The third-order valence-electron chi connectivity index (χ3n) is 3.73. The molecule has 7 heteroatoms. The van der Waals surface area contributed by atoms with Crippen molar-refractivity contribution in [2.45, 2.75) is 12.8 Å². The Morgan fingerprint density at radius 2 is 2.13 bits per heavy atom. The van der Waals surface area contributed by atoms with Crippen LogP contribution in [0, 0.1) is 0 Å². The molecule has 0 radical (unpaired) electrons. The number of carbonyl (C=O) groups excluding carboxylic acids is 1. The molecule has 0 saturated heterocycles. The summed E-state index contributed by atoms with van der Waals surface area (Å²) in [6.07, 6.45) is 4.15. The van der Waals surface area contributed by atoms with Gasteiger partial charge in [0.05, 0.1) is 12.9 Å². The molecule has 0 bridgehead atoms. The van der Waals surface area contributed by atoms with Crippen molar-refractivity contribution in [3.05, 3.63) is 53.4 Å². The van der Waals surface area contributed by atoms with Crippen molar-refractivity contribution in [1.29, 1.82) is 0 Å². The summed E-state index contributed by atoms with van der Waals surface area (Å²) in [4.78, 5) is 12.2. The molecule has 0 saturated carbocycles. The van der Waals surface area contributed by atoms with Crippen LogP contribution in [0.15, 0.2) is 47.8 Å². The predicted molar refractivity (Wildman–Crippen MR) is 84.2 cm³/mol. The number of allylic oxidation sites excluding steroid dienone is 1. The van der Waals surface area contributed by atoms with Gasteiger partial charge >= 0.3 is 5.97 Å². The van der Waals surface area contributed by atoms with E-state index < -0.39 is 16.0 Å². The van der Waals surface area contributed by atoms with Crippen molar-refractivity contribution in [2.24, 2.45) is 0 Å². The minimum atomic E-state index is -3.63. The Kier molecular flexibility index (Phi) is 3.89. The molecule has 23 heavy (non-hydrogen) atoms. The van der Waals surface area contributed by atoms with Crippen molar-refractivity contribution in [3.8, 4) is 5.75 Å². The van der Waals surface area contributed by atoms with Crippen LogP contribution in [0.1, 0.15) is 18.4 Å². The number of para-hydroxylation sites is 1. The fraction of sp³-hybridized carbons (Fsp3) is 0.312. The molecule has 0 spiro atoms. The Hall–Kier alpha value is -2.28. The van der Waals surface area contributed by atoms with Crippen LogP contribution >= 0.6 is 0 Å². The number of benzene rings is 1. The van der Waals surface area contributed by atoms with E-state index in [1.54, 1.807) is 13.0 Å². The minimum absolute atomic E-state index is 0.0137. The molecule has 122 valence electrons. The quantitative estimate of drug-likeness (QED) is 0.787. The van der Waals surface area contributed by atoms with Crippen LogP contribution in [0.3, 0.4) is 0 Å². The number of hydrogen-bond acceptors (Lipinski definition) is 5. The molecule has 0 fully saturated rings. The number of rotatable bonds is 3. The molecule has 2 aliphatic heterocycles. The summed E-state index contributed by atoms with van der Waals surface area (Å²) in [5, 5.41) is 0. The van der Waals surface area contributed by atoms with Gasteiger partial charge in [0.1, 0.15) is 18.1 Å². The molecule has 1 aromatic rings. The lowest BCUT2D eigenvalue weighted by Gasteiger charge is -2.33. The first-order valence-corrected chi connectivity index (χ1v) is 9.07. The maximum atomic E-state index is 12.2. The van der Waals surface area contributed by atoms with Crippen LogP contribution in [-0.4, -0.2) is 38.2 Å². The van der Waals surface area contributed by atoms with Crippen LogP contribution in [0.4, 0.5) is 0 Å². The van der Waals surface area contributed by atoms with Gasteiger partial charge in [-0.05, 0) is 24.6 Å². The molecule has 0 amide bonds.